The standard InChI is InChI=1S/C23H21NO/c1-17-11-13-21(14-12-17)24-23(25)22(20-9-4-3-5-10-20)16-19-8-6-7-18(2)15-19/h3-16H,1-2H3,(H,24,25)/b22-16+. The summed E-state index contributed by atoms with van der Waals surface area (Å²) >= 11 is 0. The van der Waals surface area contributed by atoms with Crippen LogP contribution in [0.3, 0.4) is 0 Å². The Labute approximate surface area is 148 Å². The molecule has 1 amide bonds. The lowest BCUT2D eigenvalue weighted by molar-refractivity contribution is -0.111. The molecule has 124 valence electrons. The molecule has 1 N–H and O–H groups in total. The van der Waals surface area contributed by atoms with Gasteiger partial charge < -0.3 is 5.32 Å². The maximum Gasteiger partial charge on any atom is 0.256 e. The number of rotatable bonds is 4. The second-order valence-corrected chi connectivity index (χ2v) is 6.16. The van der Waals surface area contributed by atoms with Crippen LogP contribution in [-0.2, 0) is 4.79 Å². The first-order valence-corrected chi connectivity index (χ1v) is 8.33. The first kappa shape index (κ1) is 16.7. The molecule has 0 aliphatic rings. The summed E-state index contributed by atoms with van der Waals surface area (Å²) in [5, 5.41) is 3.00. The minimum Gasteiger partial charge on any atom is -0.322 e. The molecule has 0 fully saturated rings. The van der Waals surface area contributed by atoms with Crippen LogP contribution in [0.5, 0.6) is 0 Å². The van der Waals surface area contributed by atoms with Crippen molar-refractivity contribution in [2.75, 3.05) is 5.32 Å². The van der Waals surface area contributed by atoms with E-state index in [0.29, 0.717) is 5.57 Å². The maximum atomic E-state index is 12.9. The Hall–Kier alpha value is -3.13. The van der Waals surface area contributed by atoms with Gasteiger partial charge in [0.05, 0.1) is 0 Å². The van der Waals surface area contributed by atoms with Crippen molar-refractivity contribution in [3.05, 3.63) is 101 Å². The quantitative estimate of drug-likeness (QED) is 0.499. The number of hydrogen-bond acceptors (Lipinski definition) is 1. The summed E-state index contributed by atoms with van der Waals surface area (Å²) in [7, 11) is 0. The zero-order valence-electron chi connectivity index (χ0n) is 14.5. The van der Waals surface area contributed by atoms with Crippen LogP contribution in [0, 0.1) is 13.8 Å². The molecule has 0 bridgehead atoms. The summed E-state index contributed by atoms with van der Waals surface area (Å²) in [6.45, 7) is 4.07. The van der Waals surface area contributed by atoms with Crippen molar-refractivity contribution in [1.82, 2.24) is 0 Å². The Morgan fingerprint density at radius 2 is 1.52 bits per heavy atom. The highest BCUT2D eigenvalue weighted by molar-refractivity contribution is 6.29. The van der Waals surface area contributed by atoms with Crippen LogP contribution in [0.25, 0.3) is 11.6 Å². The van der Waals surface area contributed by atoms with Crippen molar-refractivity contribution in [3.63, 3.8) is 0 Å². The van der Waals surface area contributed by atoms with Crippen molar-refractivity contribution >= 4 is 23.2 Å². The van der Waals surface area contributed by atoms with Gasteiger partial charge in [-0.05, 0) is 43.2 Å². The third-order valence-corrected chi connectivity index (χ3v) is 3.99. The maximum absolute atomic E-state index is 12.9. The van der Waals surface area contributed by atoms with Crippen molar-refractivity contribution in [3.8, 4) is 0 Å². The summed E-state index contributed by atoms with van der Waals surface area (Å²) < 4.78 is 0. The zero-order valence-corrected chi connectivity index (χ0v) is 14.5. The van der Waals surface area contributed by atoms with E-state index in [1.165, 1.54) is 5.56 Å². The van der Waals surface area contributed by atoms with Crippen molar-refractivity contribution < 1.29 is 4.79 Å². The molecule has 0 atom stereocenters. The minimum absolute atomic E-state index is 0.114. The molecular weight excluding hydrogens is 306 g/mol. The van der Waals surface area contributed by atoms with Crippen LogP contribution in [0.1, 0.15) is 22.3 Å². The summed E-state index contributed by atoms with van der Waals surface area (Å²) in [5.41, 5.74) is 5.68. The first-order valence-electron chi connectivity index (χ1n) is 8.33. The Morgan fingerprint density at radius 1 is 0.800 bits per heavy atom. The fourth-order valence-electron chi connectivity index (χ4n) is 2.66. The molecule has 2 heteroatoms. The van der Waals surface area contributed by atoms with Gasteiger partial charge in [-0.2, -0.15) is 0 Å². The van der Waals surface area contributed by atoms with E-state index in [9.17, 15) is 4.79 Å². The summed E-state index contributed by atoms with van der Waals surface area (Å²) in [6.07, 6.45) is 1.94. The Morgan fingerprint density at radius 3 is 2.20 bits per heavy atom. The largest absolute Gasteiger partial charge is 0.322 e. The average molecular weight is 327 g/mol. The molecule has 3 aromatic carbocycles. The van der Waals surface area contributed by atoms with Gasteiger partial charge in [0.25, 0.3) is 5.91 Å². The molecular formula is C23H21NO. The van der Waals surface area contributed by atoms with Crippen LogP contribution in [0.15, 0.2) is 78.9 Å². The van der Waals surface area contributed by atoms with Gasteiger partial charge in [0.15, 0.2) is 0 Å². The van der Waals surface area contributed by atoms with Crippen LogP contribution in [0.4, 0.5) is 5.69 Å². The molecule has 0 aromatic heterocycles. The van der Waals surface area contributed by atoms with E-state index >= 15 is 0 Å². The van der Waals surface area contributed by atoms with E-state index in [4.69, 9.17) is 0 Å². The Kier molecular flexibility index (Phi) is 5.10. The SMILES string of the molecule is Cc1ccc(NC(=O)/C(=C/c2cccc(C)c2)c2ccccc2)cc1. The number of carbonyl (C=O) groups is 1. The Bertz CT molecular complexity index is 893. The topological polar surface area (TPSA) is 29.1 Å². The minimum atomic E-state index is -0.114. The number of hydrogen-bond donors (Lipinski definition) is 1. The highest BCUT2D eigenvalue weighted by atomic mass is 16.1. The number of nitrogens with one attached hydrogen (secondary N) is 1. The van der Waals surface area contributed by atoms with Crippen LogP contribution in [-0.4, -0.2) is 5.91 Å². The van der Waals surface area contributed by atoms with E-state index in [2.05, 4.69) is 11.4 Å². The molecule has 3 aromatic rings. The molecule has 0 aliphatic heterocycles. The van der Waals surface area contributed by atoms with Gasteiger partial charge >= 0.3 is 0 Å². The highest BCUT2D eigenvalue weighted by Crippen LogP contribution is 2.21. The van der Waals surface area contributed by atoms with Crippen molar-refractivity contribution in [1.29, 1.82) is 0 Å². The summed E-state index contributed by atoms with van der Waals surface area (Å²) in [6, 6.07) is 25.7. The predicted octanol–water partition coefficient (Wildman–Crippen LogP) is 5.48. The molecule has 0 heterocycles. The van der Waals surface area contributed by atoms with Gasteiger partial charge in [-0.15, -0.1) is 0 Å². The average Bonchev–Trinajstić information content (AvgIpc) is 2.62. The summed E-state index contributed by atoms with van der Waals surface area (Å²) in [5.74, 6) is -0.114. The number of aryl methyl sites for hydroxylation is 2. The van der Waals surface area contributed by atoms with Gasteiger partial charge in [-0.1, -0.05) is 77.9 Å². The van der Waals surface area contributed by atoms with Gasteiger partial charge in [0.2, 0.25) is 0 Å². The zero-order chi connectivity index (χ0) is 17.6. The number of carbonyl (C=O) groups excluding carboxylic acids is 1. The fourth-order valence-corrected chi connectivity index (χ4v) is 2.66. The normalized spacial score (nSPS) is 11.2. The second kappa shape index (κ2) is 7.63. The molecule has 25 heavy (non-hydrogen) atoms. The smallest absolute Gasteiger partial charge is 0.256 e. The van der Waals surface area contributed by atoms with E-state index in [1.54, 1.807) is 0 Å². The lowest BCUT2D eigenvalue weighted by Gasteiger charge is -2.10. The lowest BCUT2D eigenvalue weighted by atomic mass is 10.0. The van der Waals surface area contributed by atoms with Crippen LogP contribution < -0.4 is 5.32 Å². The van der Waals surface area contributed by atoms with Crippen molar-refractivity contribution in [2.45, 2.75) is 13.8 Å². The predicted molar refractivity (Wildman–Crippen MR) is 105 cm³/mol. The van der Waals surface area contributed by atoms with Gasteiger partial charge in [-0.3, -0.25) is 4.79 Å². The van der Waals surface area contributed by atoms with E-state index in [0.717, 1.165) is 22.4 Å². The molecule has 0 aliphatic carbocycles. The lowest BCUT2D eigenvalue weighted by Crippen LogP contribution is -2.13. The first-order chi connectivity index (χ1) is 12.1. The van der Waals surface area contributed by atoms with Crippen molar-refractivity contribution in [2.24, 2.45) is 0 Å². The highest BCUT2D eigenvalue weighted by Gasteiger charge is 2.12. The van der Waals surface area contributed by atoms with Gasteiger partial charge in [0, 0.05) is 11.3 Å². The van der Waals surface area contributed by atoms with Gasteiger partial charge in [-0.25, -0.2) is 0 Å². The summed E-state index contributed by atoms with van der Waals surface area (Å²) in [4.78, 5) is 12.9. The van der Waals surface area contributed by atoms with Gasteiger partial charge in [0.1, 0.15) is 0 Å². The molecule has 0 saturated carbocycles. The monoisotopic (exact) mass is 327 g/mol. The second-order valence-electron chi connectivity index (χ2n) is 6.16. The number of anilines is 1. The molecule has 3 rings (SSSR count). The molecule has 0 radical (unpaired) electrons. The molecule has 0 unspecified atom stereocenters. The van der Waals surface area contributed by atoms with E-state index < -0.39 is 0 Å². The fraction of sp³-hybridized carbons (Fsp3) is 0.0870. The van der Waals surface area contributed by atoms with E-state index in [1.807, 2.05) is 92.7 Å². The number of amides is 1. The van der Waals surface area contributed by atoms with Crippen LogP contribution >= 0.6 is 0 Å². The van der Waals surface area contributed by atoms with E-state index in [-0.39, 0.29) is 5.91 Å². The molecule has 0 spiro atoms. The Balaban J connectivity index is 1.96. The molecule has 2 nitrogen and oxygen atoms in total. The molecule has 0 saturated heterocycles. The van der Waals surface area contributed by atoms with Crippen LogP contribution in [0.2, 0.25) is 0 Å². The number of benzene rings is 3. The third kappa shape index (κ3) is 4.45. The third-order valence-electron chi connectivity index (χ3n) is 3.99.